The Morgan fingerprint density at radius 1 is 0.944 bits per heavy atom. The Kier molecular flexibility index (Phi) is 6.97. The third kappa shape index (κ3) is 4.96. The predicted octanol–water partition coefficient (Wildman–Crippen LogP) is 6.49. The summed E-state index contributed by atoms with van der Waals surface area (Å²) < 4.78 is 28.9. The van der Waals surface area contributed by atoms with Gasteiger partial charge in [0, 0.05) is 24.2 Å². The molecule has 6 nitrogen and oxygen atoms in total. The predicted molar refractivity (Wildman–Crippen MR) is 147 cm³/mol. The van der Waals surface area contributed by atoms with Crippen LogP contribution in [0.25, 0.3) is 20.8 Å². The van der Waals surface area contributed by atoms with Crippen LogP contribution in [-0.2, 0) is 16.6 Å². The number of hydrogen-bond donors (Lipinski definition) is 1. The van der Waals surface area contributed by atoms with Gasteiger partial charge in [0.25, 0.3) is 5.91 Å². The highest BCUT2D eigenvalue weighted by atomic mass is 32.2. The molecule has 2 aromatic heterocycles. The van der Waals surface area contributed by atoms with Gasteiger partial charge in [-0.05, 0) is 53.4 Å². The molecule has 3 aromatic carbocycles. The van der Waals surface area contributed by atoms with E-state index < -0.39 is 10.0 Å². The summed E-state index contributed by atoms with van der Waals surface area (Å²) in [6.45, 7) is 2.44. The van der Waals surface area contributed by atoms with Crippen LogP contribution in [0.4, 0.5) is 5.00 Å². The van der Waals surface area contributed by atoms with Gasteiger partial charge >= 0.3 is 0 Å². The third-order valence-corrected chi connectivity index (χ3v) is 9.56. The molecule has 0 aliphatic rings. The molecular weight excluding hydrogens is 511 g/mol. The first kappa shape index (κ1) is 24.3. The molecule has 0 spiro atoms. The van der Waals surface area contributed by atoms with Crippen molar-refractivity contribution < 1.29 is 13.2 Å². The highest BCUT2D eigenvalue weighted by Gasteiger charge is 2.24. The van der Waals surface area contributed by atoms with E-state index in [4.69, 9.17) is 4.98 Å². The highest BCUT2D eigenvalue weighted by molar-refractivity contribution is 7.89. The van der Waals surface area contributed by atoms with Crippen molar-refractivity contribution in [1.29, 1.82) is 0 Å². The minimum atomic E-state index is -3.70. The molecule has 0 atom stereocenters. The number of nitrogens with one attached hydrogen (secondary N) is 1. The van der Waals surface area contributed by atoms with Crippen LogP contribution >= 0.6 is 22.7 Å². The summed E-state index contributed by atoms with van der Waals surface area (Å²) in [5.74, 6) is -0.305. The number of thiazole rings is 1. The minimum Gasteiger partial charge on any atom is -0.313 e. The number of para-hydroxylation sites is 1. The number of amides is 1. The number of fused-ring (bicyclic) bond motifs is 1. The molecule has 0 saturated carbocycles. The second-order valence-electron chi connectivity index (χ2n) is 8.05. The third-order valence-electron chi connectivity index (χ3n) is 5.73. The van der Waals surface area contributed by atoms with Gasteiger partial charge in [0.1, 0.15) is 10.0 Å². The van der Waals surface area contributed by atoms with Crippen molar-refractivity contribution in [3.05, 3.63) is 101 Å². The van der Waals surface area contributed by atoms with Gasteiger partial charge in [-0.3, -0.25) is 4.79 Å². The zero-order chi connectivity index (χ0) is 25.1. The van der Waals surface area contributed by atoms with Crippen molar-refractivity contribution in [1.82, 2.24) is 9.29 Å². The van der Waals surface area contributed by atoms with Crippen LogP contribution in [0.3, 0.4) is 0 Å². The number of carbonyl (C=O) groups is 1. The second-order valence-corrected chi connectivity index (χ2v) is 11.9. The van der Waals surface area contributed by atoms with Gasteiger partial charge in [-0.1, -0.05) is 49.4 Å². The SMILES string of the molecule is CCN(Cc1ccccc1)S(=O)(=O)c1ccc(C(=O)Nc2sccc2-c2nc3ccccc3s2)cc1. The maximum absolute atomic E-state index is 13.2. The summed E-state index contributed by atoms with van der Waals surface area (Å²) in [6.07, 6.45) is 0. The fraction of sp³-hybridized carbons (Fsp3) is 0.111. The molecule has 2 heterocycles. The standard InChI is InChI=1S/C27H23N3O3S3/c1-2-30(18-19-8-4-3-5-9-19)36(32,33)21-14-12-20(13-15-21)25(31)29-26-22(16-17-34-26)27-28-23-10-6-7-11-24(23)35-27/h3-17H,2,18H2,1H3,(H,29,31). The molecule has 5 rings (SSSR count). The van der Waals surface area contributed by atoms with Gasteiger partial charge < -0.3 is 5.32 Å². The van der Waals surface area contributed by atoms with Gasteiger partial charge in [-0.15, -0.1) is 22.7 Å². The number of rotatable bonds is 8. The van der Waals surface area contributed by atoms with Crippen molar-refractivity contribution in [2.24, 2.45) is 0 Å². The molecule has 1 amide bonds. The number of aromatic nitrogens is 1. The van der Waals surface area contributed by atoms with Crippen LogP contribution in [0.5, 0.6) is 0 Å². The molecule has 0 fully saturated rings. The Morgan fingerprint density at radius 2 is 1.67 bits per heavy atom. The first-order valence-electron chi connectivity index (χ1n) is 11.3. The van der Waals surface area contributed by atoms with Gasteiger partial charge in [-0.25, -0.2) is 13.4 Å². The largest absolute Gasteiger partial charge is 0.313 e. The Balaban J connectivity index is 1.33. The van der Waals surface area contributed by atoms with E-state index in [1.807, 2.05) is 73.0 Å². The average Bonchev–Trinajstić information content (AvgIpc) is 3.54. The van der Waals surface area contributed by atoms with E-state index in [9.17, 15) is 13.2 Å². The summed E-state index contributed by atoms with van der Waals surface area (Å²) in [5.41, 5.74) is 3.09. The van der Waals surface area contributed by atoms with E-state index in [1.54, 1.807) is 23.5 Å². The van der Waals surface area contributed by atoms with Gasteiger partial charge in [0.2, 0.25) is 10.0 Å². The molecule has 9 heteroatoms. The molecule has 182 valence electrons. The number of nitrogens with zero attached hydrogens (tertiary/aromatic N) is 2. The van der Waals surface area contributed by atoms with Crippen LogP contribution in [0.2, 0.25) is 0 Å². The lowest BCUT2D eigenvalue weighted by molar-refractivity contribution is 0.102. The van der Waals surface area contributed by atoms with E-state index in [2.05, 4.69) is 5.32 Å². The minimum absolute atomic E-state index is 0.156. The van der Waals surface area contributed by atoms with E-state index in [0.29, 0.717) is 17.1 Å². The number of anilines is 1. The molecule has 1 N–H and O–H groups in total. The van der Waals surface area contributed by atoms with E-state index >= 15 is 0 Å². The zero-order valence-corrected chi connectivity index (χ0v) is 21.9. The van der Waals surface area contributed by atoms with Crippen molar-refractivity contribution in [2.75, 3.05) is 11.9 Å². The van der Waals surface area contributed by atoms with Crippen LogP contribution < -0.4 is 5.32 Å². The van der Waals surface area contributed by atoms with Gasteiger partial charge in [-0.2, -0.15) is 4.31 Å². The molecule has 0 unspecified atom stereocenters. The molecule has 0 bridgehead atoms. The van der Waals surface area contributed by atoms with E-state index in [-0.39, 0.29) is 17.3 Å². The van der Waals surface area contributed by atoms with Crippen LogP contribution in [0.1, 0.15) is 22.8 Å². The molecule has 0 aliphatic heterocycles. The first-order valence-corrected chi connectivity index (χ1v) is 14.5. The quantitative estimate of drug-likeness (QED) is 0.247. The lowest BCUT2D eigenvalue weighted by Gasteiger charge is -2.20. The topological polar surface area (TPSA) is 79.4 Å². The van der Waals surface area contributed by atoms with Crippen molar-refractivity contribution in [3.63, 3.8) is 0 Å². The number of sulfonamides is 1. The fourth-order valence-electron chi connectivity index (χ4n) is 3.82. The second kappa shape index (κ2) is 10.3. The van der Waals surface area contributed by atoms with Gasteiger partial charge in [0.15, 0.2) is 0 Å². The van der Waals surface area contributed by atoms with Crippen molar-refractivity contribution in [3.8, 4) is 10.6 Å². The summed E-state index contributed by atoms with van der Waals surface area (Å²) in [6, 6.07) is 25.4. The van der Waals surface area contributed by atoms with Crippen LogP contribution in [-0.4, -0.2) is 30.2 Å². The maximum Gasteiger partial charge on any atom is 0.256 e. The molecule has 0 aliphatic carbocycles. The molecule has 36 heavy (non-hydrogen) atoms. The molecule has 5 aromatic rings. The zero-order valence-electron chi connectivity index (χ0n) is 19.4. The fourth-order valence-corrected chi connectivity index (χ4v) is 7.10. The Morgan fingerprint density at radius 3 is 2.39 bits per heavy atom. The number of hydrogen-bond acceptors (Lipinski definition) is 6. The lowest BCUT2D eigenvalue weighted by atomic mass is 10.2. The van der Waals surface area contributed by atoms with E-state index in [1.165, 1.54) is 27.8 Å². The smallest absolute Gasteiger partial charge is 0.256 e. The Hall–Kier alpha value is -3.37. The van der Waals surface area contributed by atoms with Crippen LogP contribution in [0, 0.1) is 0 Å². The average molecular weight is 534 g/mol. The summed E-state index contributed by atoms with van der Waals surface area (Å²) in [7, 11) is -3.70. The lowest BCUT2D eigenvalue weighted by Crippen LogP contribution is -2.30. The van der Waals surface area contributed by atoms with E-state index in [0.717, 1.165) is 26.4 Å². The summed E-state index contributed by atoms with van der Waals surface area (Å²) in [4.78, 5) is 17.8. The maximum atomic E-state index is 13.2. The normalized spacial score (nSPS) is 11.7. The monoisotopic (exact) mass is 533 g/mol. The summed E-state index contributed by atoms with van der Waals surface area (Å²) in [5, 5.41) is 6.42. The Labute approximate surface area is 217 Å². The van der Waals surface area contributed by atoms with Crippen molar-refractivity contribution >= 4 is 53.8 Å². The number of thiophene rings is 1. The van der Waals surface area contributed by atoms with Gasteiger partial charge in [0.05, 0.1) is 15.1 Å². The number of benzene rings is 3. The van der Waals surface area contributed by atoms with Crippen molar-refractivity contribution in [2.45, 2.75) is 18.4 Å². The summed E-state index contributed by atoms with van der Waals surface area (Å²) >= 11 is 3.00. The number of carbonyl (C=O) groups excluding carboxylic acids is 1. The first-order chi connectivity index (χ1) is 17.5. The Bertz CT molecular complexity index is 1580. The molecular formula is C27H23N3O3S3. The highest BCUT2D eigenvalue weighted by Crippen LogP contribution is 2.38. The molecule has 0 radical (unpaired) electrons. The van der Waals surface area contributed by atoms with Crippen LogP contribution in [0.15, 0.2) is 95.2 Å². The molecule has 0 saturated heterocycles.